The van der Waals surface area contributed by atoms with Gasteiger partial charge in [-0.15, -0.1) is 0 Å². The summed E-state index contributed by atoms with van der Waals surface area (Å²) in [5.74, 6) is 0.974. The highest BCUT2D eigenvalue weighted by molar-refractivity contribution is 5.34. The van der Waals surface area contributed by atoms with E-state index in [1.54, 1.807) is 0 Å². The number of likely N-dealkylation sites (tertiary alicyclic amines) is 1. The van der Waals surface area contributed by atoms with Crippen LogP contribution < -0.4 is 5.32 Å². The summed E-state index contributed by atoms with van der Waals surface area (Å²) in [4.78, 5) is 7.06. The molecule has 1 aromatic heterocycles. The van der Waals surface area contributed by atoms with Crippen LogP contribution in [0.5, 0.6) is 0 Å². The Bertz CT molecular complexity index is 362. The lowest BCUT2D eigenvalue weighted by atomic mass is 10.1. The Labute approximate surface area is 109 Å². The summed E-state index contributed by atoms with van der Waals surface area (Å²) in [7, 11) is 1.81. The Morgan fingerprint density at radius 3 is 2.83 bits per heavy atom. The van der Waals surface area contributed by atoms with Gasteiger partial charge in [-0.2, -0.15) is 0 Å². The molecule has 0 atom stereocenters. The number of aromatic nitrogens is 1. The summed E-state index contributed by atoms with van der Waals surface area (Å²) in [5.41, 5.74) is 1.14. The first-order chi connectivity index (χ1) is 8.81. The first kappa shape index (κ1) is 13.3. The Kier molecular flexibility index (Phi) is 4.96. The summed E-state index contributed by atoms with van der Waals surface area (Å²) in [6, 6.07) is 6.19. The number of anilines is 1. The first-order valence-corrected chi connectivity index (χ1v) is 6.76. The van der Waals surface area contributed by atoms with Crippen LogP contribution in [0.2, 0.25) is 0 Å². The summed E-state index contributed by atoms with van der Waals surface area (Å²) in [5, 5.41) is 3.25. The molecule has 0 unspecified atom stereocenters. The van der Waals surface area contributed by atoms with Gasteiger partial charge in [0.25, 0.3) is 0 Å². The summed E-state index contributed by atoms with van der Waals surface area (Å²) in [6.07, 6.45) is 2.70. The average Bonchev–Trinajstić information content (AvgIpc) is 2.40. The van der Waals surface area contributed by atoms with Crippen LogP contribution in [0.25, 0.3) is 0 Å². The van der Waals surface area contributed by atoms with Gasteiger partial charge in [-0.05, 0) is 31.9 Å². The van der Waals surface area contributed by atoms with Crippen molar-refractivity contribution in [2.24, 2.45) is 0 Å². The number of pyridine rings is 1. The Morgan fingerprint density at radius 2 is 2.17 bits per heavy atom. The lowest BCUT2D eigenvalue weighted by Gasteiger charge is -2.30. The second kappa shape index (κ2) is 6.71. The summed E-state index contributed by atoms with van der Waals surface area (Å²) >= 11 is 0. The highest BCUT2D eigenvalue weighted by Crippen LogP contribution is 2.15. The molecule has 18 heavy (non-hydrogen) atoms. The van der Waals surface area contributed by atoms with E-state index in [2.05, 4.69) is 34.3 Å². The third-order valence-electron chi connectivity index (χ3n) is 3.42. The maximum absolute atomic E-state index is 5.39. The molecule has 1 aliphatic rings. The molecule has 0 saturated carbocycles. The van der Waals surface area contributed by atoms with Crippen molar-refractivity contribution >= 4 is 5.82 Å². The highest BCUT2D eigenvalue weighted by Gasteiger charge is 2.18. The van der Waals surface area contributed by atoms with Gasteiger partial charge in [0.15, 0.2) is 0 Å². The van der Waals surface area contributed by atoms with E-state index in [4.69, 9.17) is 4.74 Å². The fraction of sp³-hybridized carbons (Fsp3) is 0.643. The van der Waals surface area contributed by atoms with Crippen molar-refractivity contribution in [3.8, 4) is 0 Å². The molecule has 2 rings (SSSR count). The Morgan fingerprint density at radius 1 is 1.39 bits per heavy atom. The Hall–Kier alpha value is -1.13. The minimum Gasteiger partial charge on any atom is -0.381 e. The van der Waals surface area contributed by atoms with Gasteiger partial charge in [0.2, 0.25) is 0 Å². The van der Waals surface area contributed by atoms with Crippen LogP contribution in [-0.4, -0.2) is 42.7 Å². The molecular formula is C14H23N3O. The quantitative estimate of drug-likeness (QED) is 0.867. The van der Waals surface area contributed by atoms with Crippen LogP contribution in [0, 0.1) is 0 Å². The third-order valence-corrected chi connectivity index (χ3v) is 3.42. The van der Waals surface area contributed by atoms with Crippen molar-refractivity contribution in [3.05, 3.63) is 23.9 Å². The molecule has 0 radical (unpaired) electrons. The van der Waals surface area contributed by atoms with E-state index < -0.39 is 0 Å². The number of nitrogens with zero attached hydrogens (tertiary/aromatic N) is 2. The topological polar surface area (TPSA) is 37.4 Å². The van der Waals surface area contributed by atoms with Gasteiger partial charge in [-0.25, -0.2) is 4.98 Å². The van der Waals surface area contributed by atoms with Crippen molar-refractivity contribution in [1.29, 1.82) is 0 Å². The minimum absolute atomic E-state index is 0.447. The molecule has 0 bridgehead atoms. The molecule has 0 amide bonds. The molecule has 1 N–H and O–H groups in total. The van der Waals surface area contributed by atoms with Gasteiger partial charge in [0.1, 0.15) is 5.82 Å². The molecule has 4 heteroatoms. The normalized spacial score (nSPS) is 17.9. The largest absolute Gasteiger partial charge is 0.381 e. The number of methoxy groups -OCH3 is 1. The average molecular weight is 249 g/mol. The van der Waals surface area contributed by atoms with Crippen LogP contribution >= 0.6 is 0 Å². The molecule has 1 fully saturated rings. The van der Waals surface area contributed by atoms with Gasteiger partial charge in [0, 0.05) is 33.3 Å². The van der Waals surface area contributed by atoms with Gasteiger partial charge in [-0.1, -0.05) is 6.07 Å². The predicted octanol–water partition coefficient (Wildman–Crippen LogP) is 2.12. The molecule has 0 aliphatic carbocycles. The maximum Gasteiger partial charge on any atom is 0.126 e. The van der Waals surface area contributed by atoms with Gasteiger partial charge < -0.3 is 10.1 Å². The number of nitrogens with one attached hydrogen (secondary N) is 1. The lowest BCUT2D eigenvalue weighted by molar-refractivity contribution is 0.0385. The zero-order chi connectivity index (χ0) is 12.8. The van der Waals surface area contributed by atoms with E-state index in [-0.39, 0.29) is 0 Å². The van der Waals surface area contributed by atoms with E-state index in [1.807, 2.05) is 13.2 Å². The molecular weight excluding hydrogens is 226 g/mol. The van der Waals surface area contributed by atoms with E-state index in [0.29, 0.717) is 6.10 Å². The monoisotopic (exact) mass is 249 g/mol. The fourth-order valence-electron chi connectivity index (χ4n) is 2.38. The van der Waals surface area contributed by atoms with Gasteiger partial charge in [-0.3, -0.25) is 4.90 Å². The smallest absolute Gasteiger partial charge is 0.126 e. The molecule has 0 aromatic carbocycles. The minimum atomic E-state index is 0.447. The van der Waals surface area contributed by atoms with Crippen LogP contribution in [0.3, 0.4) is 0 Å². The van der Waals surface area contributed by atoms with Crippen LogP contribution in [0.1, 0.15) is 25.5 Å². The summed E-state index contributed by atoms with van der Waals surface area (Å²) < 4.78 is 5.39. The number of ether oxygens (including phenoxy) is 1. The first-order valence-electron chi connectivity index (χ1n) is 6.76. The van der Waals surface area contributed by atoms with Crippen molar-refractivity contribution < 1.29 is 4.74 Å². The molecule has 100 valence electrons. The number of hydrogen-bond donors (Lipinski definition) is 1. The van der Waals surface area contributed by atoms with Crippen molar-refractivity contribution in [3.63, 3.8) is 0 Å². The third kappa shape index (κ3) is 3.68. The highest BCUT2D eigenvalue weighted by atomic mass is 16.5. The standard InChI is InChI=1S/C14H23N3O/c1-3-15-14-6-4-5-12(16-14)11-17-9-7-13(18-2)8-10-17/h4-6,13H,3,7-11H2,1-2H3,(H,15,16). The lowest BCUT2D eigenvalue weighted by Crippen LogP contribution is -2.36. The van der Waals surface area contributed by atoms with Gasteiger partial charge >= 0.3 is 0 Å². The maximum atomic E-state index is 5.39. The Balaban J connectivity index is 1.87. The van der Waals surface area contributed by atoms with Crippen molar-refractivity contribution in [2.75, 3.05) is 32.1 Å². The van der Waals surface area contributed by atoms with E-state index in [0.717, 1.165) is 50.5 Å². The van der Waals surface area contributed by atoms with E-state index >= 15 is 0 Å². The zero-order valence-electron chi connectivity index (χ0n) is 11.4. The SMILES string of the molecule is CCNc1cccc(CN2CCC(OC)CC2)n1. The van der Waals surface area contributed by atoms with Crippen LogP contribution in [-0.2, 0) is 11.3 Å². The molecule has 1 aromatic rings. The summed E-state index contributed by atoms with van der Waals surface area (Å²) in [6.45, 7) is 6.15. The molecule has 1 saturated heterocycles. The number of piperidine rings is 1. The fourth-order valence-corrected chi connectivity index (χ4v) is 2.38. The van der Waals surface area contributed by atoms with E-state index in [9.17, 15) is 0 Å². The second-order valence-electron chi connectivity index (χ2n) is 4.76. The number of hydrogen-bond acceptors (Lipinski definition) is 4. The molecule has 4 nitrogen and oxygen atoms in total. The van der Waals surface area contributed by atoms with Crippen LogP contribution in [0.4, 0.5) is 5.82 Å². The molecule has 2 heterocycles. The van der Waals surface area contributed by atoms with E-state index in [1.165, 1.54) is 0 Å². The van der Waals surface area contributed by atoms with Crippen molar-refractivity contribution in [2.45, 2.75) is 32.4 Å². The van der Waals surface area contributed by atoms with Gasteiger partial charge in [0.05, 0.1) is 11.8 Å². The van der Waals surface area contributed by atoms with Crippen molar-refractivity contribution in [1.82, 2.24) is 9.88 Å². The van der Waals surface area contributed by atoms with Crippen LogP contribution in [0.15, 0.2) is 18.2 Å². The number of rotatable bonds is 5. The predicted molar refractivity (Wildman–Crippen MR) is 73.7 cm³/mol. The molecule has 1 aliphatic heterocycles. The second-order valence-corrected chi connectivity index (χ2v) is 4.76. The molecule has 0 spiro atoms. The zero-order valence-corrected chi connectivity index (χ0v) is 11.4.